The van der Waals surface area contributed by atoms with Gasteiger partial charge in [0, 0.05) is 25.8 Å². The lowest BCUT2D eigenvalue weighted by Crippen LogP contribution is -2.43. The molecular weight excluding hydrogens is 256 g/mol. The Morgan fingerprint density at radius 2 is 2.35 bits per heavy atom. The Morgan fingerprint density at radius 3 is 3.20 bits per heavy atom. The van der Waals surface area contributed by atoms with E-state index in [9.17, 15) is 4.79 Å². The first kappa shape index (κ1) is 13.4. The van der Waals surface area contributed by atoms with Gasteiger partial charge in [0.2, 0.25) is 0 Å². The molecule has 1 fully saturated rings. The standard InChI is InChI=1S/C15H20N2O3/c1-19-14-9-16-8-12(14)17-15(18)11-4-5-13-10(7-11)3-2-6-20-13/h4-5,7,12,14,16H,2-3,6,8-9H2,1H3,(H,17,18)/t12-,14-/m0/s1. The van der Waals surface area contributed by atoms with Gasteiger partial charge in [0.15, 0.2) is 0 Å². The lowest BCUT2D eigenvalue weighted by Gasteiger charge is -2.20. The monoisotopic (exact) mass is 276 g/mol. The number of nitrogens with one attached hydrogen (secondary N) is 2. The average Bonchev–Trinajstić information content (AvgIpc) is 2.94. The summed E-state index contributed by atoms with van der Waals surface area (Å²) in [6.45, 7) is 2.29. The van der Waals surface area contributed by atoms with Crippen molar-refractivity contribution in [3.05, 3.63) is 29.3 Å². The number of aryl methyl sites for hydroxylation is 1. The molecule has 3 rings (SSSR count). The molecule has 1 saturated heterocycles. The molecule has 0 unspecified atom stereocenters. The number of carbonyl (C=O) groups is 1. The second-order valence-electron chi connectivity index (χ2n) is 5.29. The molecule has 5 heteroatoms. The summed E-state index contributed by atoms with van der Waals surface area (Å²) in [5.74, 6) is 0.860. The number of ether oxygens (including phenoxy) is 2. The van der Waals surface area contributed by atoms with Gasteiger partial charge in [-0.3, -0.25) is 4.79 Å². The van der Waals surface area contributed by atoms with Gasteiger partial charge in [0.1, 0.15) is 5.75 Å². The van der Waals surface area contributed by atoms with Crippen molar-refractivity contribution < 1.29 is 14.3 Å². The van der Waals surface area contributed by atoms with Crippen LogP contribution in [0, 0.1) is 0 Å². The third-order valence-electron chi connectivity index (χ3n) is 3.95. The van der Waals surface area contributed by atoms with Crippen LogP contribution in [0.3, 0.4) is 0 Å². The maximum Gasteiger partial charge on any atom is 0.251 e. The van der Waals surface area contributed by atoms with Crippen LogP contribution in [0.2, 0.25) is 0 Å². The van der Waals surface area contributed by atoms with Gasteiger partial charge in [-0.2, -0.15) is 0 Å². The molecule has 0 aromatic heterocycles. The van der Waals surface area contributed by atoms with E-state index in [1.54, 1.807) is 7.11 Å². The van der Waals surface area contributed by atoms with Gasteiger partial charge in [0.05, 0.1) is 18.8 Å². The van der Waals surface area contributed by atoms with Crippen molar-refractivity contribution in [1.82, 2.24) is 10.6 Å². The van der Waals surface area contributed by atoms with E-state index in [4.69, 9.17) is 9.47 Å². The molecular formula is C15H20N2O3. The number of methoxy groups -OCH3 is 1. The van der Waals surface area contributed by atoms with E-state index in [0.717, 1.165) is 43.9 Å². The Morgan fingerprint density at radius 1 is 1.45 bits per heavy atom. The predicted octanol–water partition coefficient (Wildman–Crippen LogP) is 0.728. The van der Waals surface area contributed by atoms with E-state index in [-0.39, 0.29) is 18.1 Å². The van der Waals surface area contributed by atoms with Crippen LogP contribution in [0.5, 0.6) is 5.75 Å². The number of fused-ring (bicyclic) bond motifs is 1. The van der Waals surface area contributed by atoms with E-state index < -0.39 is 0 Å². The lowest BCUT2D eigenvalue weighted by atomic mass is 10.0. The number of rotatable bonds is 3. The summed E-state index contributed by atoms with van der Waals surface area (Å²) in [4.78, 5) is 12.3. The highest BCUT2D eigenvalue weighted by Crippen LogP contribution is 2.25. The molecule has 2 atom stereocenters. The van der Waals surface area contributed by atoms with Crippen LogP contribution in [0.25, 0.3) is 0 Å². The fourth-order valence-electron chi connectivity index (χ4n) is 2.80. The summed E-state index contributed by atoms with van der Waals surface area (Å²) in [7, 11) is 1.67. The maximum absolute atomic E-state index is 12.3. The molecule has 2 aliphatic rings. The number of benzene rings is 1. The van der Waals surface area contributed by atoms with E-state index >= 15 is 0 Å². The first-order valence-corrected chi connectivity index (χ1v) is 7.08. The Hall–Kier alpha value is -1.59. The Balaban J connectivity index is 1.71. The molecule has 0 saturated carbocycles. The van der Waals surface area contributed by atoms with Crippen LogP contribution in [-0.2, 0) is 11.2 Å². The van der Waals surface area contributed by atoms with Gasteiger partial charge in [-0.1, -0.05) is 0 Å². The SMILES string of the molecule is CO[C@H]1CNC[C@@H]1NC(=O)c1ccc2c(c1)CCCO2. The van der Waals surface area contributed by atoms with Gasteiger partial charge in [-0.05, 0) is 36.6 Å². The molecule has 108 valence electrons. The fourth-order valence-corrected chi connectivity index (χ4v) is 2.80. The van der Waals surface area contributed by atoms with Crippen molar-refractivity contribution in [2.75, 3.05) is 26.8 Å². The summed E-state index contributed by atoms with van der Waals surface area (Å²) in [6, 6.07) is 5.68. The van der Waals surface area contributed by atoms with Crippen molar-refractivity contribution in [3.63, 3.8) is 0 Å². The van der Waals surface area contributed by atoms with Gasteiger partial charge in [-0.15, -0.1) is 0 Å². The van der Waals surface area contributed by atoms with Gasteiger partial charge < -0.3 is 20.1 Å². The zero-order valence-electron chi connectivity index (χ0n) is 11.6. The molecule has 5 nitrogen and oxygen atoms in total. The molecule has 0 aliphatic carbocycles. The van der Waals surface area contributed by atoms with Crippen molar-refractivity contribution in [3.8, 4) is 5.75 Å². The fraction of sp³-hybridized carbons (Fsp3) is 0.533. The smallest absolute Gasteiger partial charge is 0.251 e. The minimum Gasteiger partial charge on any atom is -0.493 e. The number of hydrogen-bond acceptors (Lipinski definition) is 4. The highest BCUT2D eigenvalue weighted by atomic mass is 16.5. The molecule has 0 bridgehead atoms. The first-order chi connectivity index (χ1) is 9.78. The molecule has 0 radical (unpaired) electrons. The van der Waals surface area contributed by atoms with Crippen LogP contribution >= 0.6 is 0 Å². The third-order valence-corrected chi connectivity index (χ3v) is 3.95. The Kier molecular flexibility index (Phi) is 3.89. The molecule has 1 aromatic rings. The number of amides is 1. The zero-order valence-corrected chi connectivity index (χ0v) is 11.6. The summed E-state index contributed by atoms with van der Waals surface area (Å²) >= 11 is 0. The van der Waals surface area contributed by atoms with Crippen LogP contribution in [0.1, 0.15) is 22.3 Å². The normalized spacial score (nSPS) is 24.9. The lowest BCUT2D eigenvalue weighted by molar-refractivity contribution is 0.0779. The Labute approximate surface area is 118 Å². The summed E-state index contributed by atoms with van der Waals surface area (Å²) in [5.41, 5.74) is 1.81. The second kappa shape index (κ2) is 5.81. The molecule has 2 aliphatic heterocycles. The second-order valence-corrected chi connectivity index (χ2v) is 5.29. The van der Waals surface area contributed by atoms with Crippen LogP contribution < -0.4 is 15.4 Å². The van der Waals surface area contributed by atoms with E-state index in [2.05, 4.69) is 10.6 Å². The van der Waals surface area contributed by atoms with E-state index in [1.807, 2.05) is 18.2 Å². The molecule has 1 amide bonds. The number of carbonyl (C=O) groups excluding carboxylic acids is 1. The molecule has 0 spiro atoms. The van der Waals surface area contributed by atoms with Crippen molar-refractivity contribution in [2.45, 2.75) is 25.0 Å². The molecule has 2 heterocycles. The Bertz CT molecular complexity index is 504. The maximum atomic E-state index is 12.3. The topological polar surface area (TPSA) is 59.6 Å². The quantitative estimate of drug-likeness (QED) is 0.854. The van der Waals surface area contributed by atoms with E-state index in [1.165, 1.54) is 0 Å². The molecule has 2 N–H and O–H groups in total. The van der Waals surface area contributed by atoms with Gasteiger partial charge in [0.25, 0.3) is 5.91 Å². The van der Waals surface area contributed by atoms with Crippen molar-refractivity contribution >= 4 is 5.91 Å². The minimum absolute atomic E-state index is 0.0276. The van der Waals surface area contributed by atoms with E-state index in [0.29, 0.717) is 5.56 Å². The molecule has 20 heavy (non-hydrogen) atoms. The first-order valence-electron chi connectivity index (χ1n) is 7.08. The van der Waals surface area contributed by atoms with Crippen LogP contribution in [-0.4, -0.2) is 44.9 Å². The highest BCUT2D eigenvalue weighted by molar-refractivity contribution is 5.94. The van der Waals surface area contributed by atoms with Crippen LogP contribution in [0.4, 0.5) is 0 Å². The largest absolute Gasteiger partial charge is 0.493 e. The zero-order chi connectivity index (χ0) is 13.9. The van der Waals surface area contributed by atoms with Gasteiger partial charge in [-0.25, -0.2) is 0 Å². The van der Waals surface area contributed by atoms with Crippen molar-refractivity contribution in [1.29, 1.82) is 0 Å². The van der Waals surface area contributed by atoms with Crippen molar-refractivity contribution in [2.24, 2.45) is 0 Å². The summed E-state index contributed by atoms with van der Waals surface area (Å²) in [5, 5.41) is 6.26. The highest BCUT2D eigenvalue weighted by Gasteiger charge is 2.28. The number of hydrogen-bond donors (Lipinski definition) is 2. The van der Waals surface area contributed by atoms with Gasteiger partial charge >= 0.3 is 0 Å². The summed E-state index contributed by atoms with van der Waals surface area (Å²) in [6.07, 6.45) is 2.03. The molecule has 1 aromatic carbocycles. The van der Waals surface area contributed by atoms with Crippen LogP contribution in [0.15, 0.2) is 18.2 Å². The average molecular weight is 276 g/mol. The summed E-state index contributed by atoms with van der Waals surface area (Å²) < 4.78 is 10.9. The third kappa shape index (κ3) is 2.64. The predicted molar refractivity (Wildman–Crippen MR) is 75.2 cm³/mol. The minimum atomic E-state index is -0.0471.